The summed E-state index contributed by atoms with van der Waals surface area (Å²) in [5.41, 5.74) is 8.41. The van der Waals surface area contributed by atoms with Crippen molar-refractivity contribution in [3.05, 3.63) is 69.5 Å². The van der Waals surface area contributed by atoms with E-state index in [1.165, 1.54) is 11.3 Å². The molecule has 3 aromatic rings. The summed E-state index contributed by atoms with van der Waals surface area (Å²) in [6.45, 7) is 7.75. The first-order valence-electron chi connectivity index (χ1n) is 9.70. The predicted octanol–water partition coefficient (Wildman–Crippen LogP) is 4.39. The number of benzene rings is 2. The maximum absolute atomic E-state index is 12.6. The fourth-order valence-electron chi connectivity index (χ4n) is 2.98. The lowest BCUT2D eigenvalue weighted by Gasteiger charge is -2.15. The topological polar surface area (TPSA) is 80.3 Å². The van der Waals surface area contributed by atoms with E-state index in [9.17, 15) is 9.59 Å². The third kappa shape index (κ3) is 5.24. The fourth-order valence-corrected chi connectivity index (χ4v) is 3.82. The monoisotopic (exact) mass is 423 g/mol. The molecule has 156 valence electrons. The highest BCUT2D eigenvalue weighted by molar-refractivity contribution is 7.14. The summed E-state index contributed by atoms with van der Waals surface area (Å²) in [7, 11) is 0. The van der Waals surface area contributed by atoms with Gasteiger partial charge in [-0.25, -0.2) is 4.98 Å². The van der Waals surface area contributed by atoms with Crippen molar-refractivity contribution < 1.29 is 14.3 Å². The standard InChI is InChI=1S/C23H25N3O3S/c1-14(2)18-11-10-15(3)12-19(18)29-13-20(27)25-26-23(28)22-21(24-16(4)30-22)17-8-6-5-7-9-17/h5-12,14H,13H2,1-4H3,(H,25,27)(H,26,28). The molecule has 2 amide bonds. The molecule has 0 saturated heterocycles. The summed E-state index contributed by atoms with van der Waals surface area (Å²) in [5, 5.41) is 0.773. The van der Waals surface area contributed by atoms with Crippen LogP contribution in [-0.4, -0.2) is 23.4 Å². The molecule has 2 N–H and O–H groups in total. The van der Waals surface area contributed by atoms with Gasteiger partial charge in [0.1, 0.15) is 10.6 Å². The quantitative estimate of drug-likeness (QED) is 0.576. The van der Waals surface area contributed by atoms with Crippen molar-refractivity contribution >= 4 is 23.2 Å². The molecule has 1 heterocycles. The zero-order valence-corrected chi connectivity index (χ0v) is 18.3. The SMILES string of the molecule is Cc1ccc(C(C)C)c(OCC(=O)NNC(=O)c2sc(C)nc2-c2ccccc2)c1. The highest BCUT2D eigenvalue weighted by Crippen LogP contribution is 2.28. The molecular weight excluding hydrogens is 398 g/mol. The molecule has 0 radical (unpaired) electrons. The van der Waals surface area contributed by atoms with E-state index in [1.54, 1.807) is 0 Å². The van der Waals surface area contributed by atoms with Crippen LogP contribution in [-0.2, 0) is 4.79 Å². The number of hydrazine groups is 1. The molecule has 0 bridgehead atoms. The zero-order valence-electron chi connectivity index (χ0n) is 17.5. The van der Waals surface area contributed by atoms with E-state index in [-0.39, 0.29) is 12.5 Å². The van der Waals surface area contributed by atoms with E-state index in [2.05, 4.69) is 29.7 Å². The van der Waals surface area contributed by atoms with E-state index in [0.717, 1.165) is 21.7 Å². The first kappa shape index (κ1) is 21.5. The number of carbonyl (C=O) groups excluding carboxylic acids is 2. The van der Waals surface area contributed by atoms with Crippen molar-refractivity contribution in [2.45, 2.75) is 33.6 Å². The molecule has 0 spiro atoms. The van der Waals surface area contributed by atoms with Gasteiger partial charge in [0.2, 0.25) is 0 Å². The van der Waals surface area contributed by atoms with Gasteiger partial charge in [-0.2, -0.15) is 0 Å². The molecule has 30 heavy (non-hydrogen) atoms. The van der Waals surface area contributed by atoms with Gasteiger partial charge >= 0.3 is 0 Å². The Hall–Kier alpha value is -3.19. The van der Waals surface area contributed by atoms with Gasteiger partial charge < -0.3 is 4.74 Å². The van der Waals surface area contributed by atoms with E-state index < -0.39 is 11.8 Å². The van der Waals surface area contributed by atoms with Crippen molar-refractivity contribution in [1.29, 1.82) is 0 Å². The van der Waals surface area contributed by atoms with E-state index in [0.29, 0.717) is 16.3 Å². The Morgan fingerprint density at radius 1 is 1.07 bits per heavy atom. The lowest BCUT2D eigenvalue weighted by atomic mass is 10.0. The molecule has 6 nitrogen and oxygen atoms in total. The molecule has 2 aromatic carbocycles. The lowest BCUT2D eigenvalue weighted by Crippen LogP contribution is -2.43. The summed E-state index contributed by atoms with van der Waals surface area (Å²) in [6.07, 6.45) is 0. The van der Waals surface area contributed by atoms with E-state index in [1.807, 2.05) is 62.4 Å². The summed E-state index contributed by atoms with van der Waals surface area (Å²) in [4.78, 5) is 29.7. The summed E-state index contributed by atoms with van der Waals surface area (Å²) in [5.74, 6) is 0.0959. The van der Waals surface area contributed by atoms with Crippen LogP contribution in [0.1, 0.15) is 45.6 Å². The number of rotatable bonds is 6. The van der Waals surface area contributed by atoms with Gasteiger partial charge in [0, 0.05) is 5.56 Å². The molecule has 3 rings (SSSR count). The van der Waals surface area contributed by atoms with Crippen LogP contribution in [0.15, 0.2) is 48.5 Å². The summed E-state index contributed by atoms with van der Waals surface area (Å²) in [6, 6.07) is 15.4. The van der Waals surface area contributed by atoms with Crippen molar-refractivity contribution in [3.63, 3.8) is 0 Å². The maximum atomic E-state index is 12.6. The van der Waals surface area contributed by atoms with Crippen LogP contribution in [0, 0.1) is 13.8 Å². The minimum atomic E-state index is -0.443. The molecule has 1 aromatic heterocycles. The number of nitrogens with zero attached hydrogens (tertiary/aromatic N) is 1. The Bertz CT molecular complexity index is 1050. The summed E-state index contributed by atoms with van der Waals surface area (Å²) < 4.78 is 5.70. The maximum Gasteiger partial charge on any atom is 0.282 e. The molecule has 0 aliphatic carbocycles. The Kier molecular flexibility index (Phi) is 6.84. The molecule has 0 aliphatic rings. The second-order valence-electron chi connectivity index (χ2n) is 7.26. The fraction of sp³-hybridized carbons (Fsp3) is 0.261. The van der Waals surface area contributed by atoms with Gasteiger partial charge in [0.25, 0.3) is 11.8 Å². The van der Waals surface area contributed by atoms with Gasteiger partial charge in [0.15, 0.2) is 6.61 Å². The Morgan fingerprint density at radius 3 is 2.50 bits per heavy atom. The van der Waals surface area contributed by atoms with Crippen molar-refractivity contribution in [2.75, 3.05) is 6.61 Å². The van der Waals surface area contributed by atoms with Crippen LogP contribution in [0.3, 0.4) is 0 Å². The first-order valence-corrected chi connectivity index (χ1v) is 10.5. The first-order chi connectivity index (χ1) is 14.3. The molecule has 0 saturated carbocycles. The molecular formula is C23H25N3O3S. The Balaban J connectivity index is 1.61. The minimum absolute atomic E-state index is 0.198. The minimum Gasteiger partial charge on any atom is -0.483 e. The van der Waals surface area contributed by atoms with Crippen LogP contribution in [0.5, 0.6) is 5.75 Å². The second-order valence-corrected chi connectivity index (χ2v) is 8.47. The van der Waals surface area contributed by atoms with Gasteiger partial charge in [-0.15, -0.1) is 11.3 Å². The van der Waals surface area contributed by atoms with Gasteiger partial charge in [-0.3, -0.25) is 20.4 Å². The highest BCUT2D eigenvalue weighted by Gasteiger charge is 2.19. The van der Waals surface area contributed by atoms with E-state index in [4.69, 9.17) is 4.74 Å². The van der Waals surface area contributed by atoms with Crippen LogP contribution < -0.4 is 15.6 Å². The molecule has 0 fully saturated rings. The molecule has 7 heteroatoms. The van der Waals surface area contributed by atoms with Crippen molar-refractivity contribution in [3.8, 4) is 17.0 Å². The Labute approximate surface area is 180 Å². The number of aryl methyl sites for hydroxylation is 2. The number of carbonyl (C=O) groups is 2. The number of thiazole rings is 1. The zero-order chi connectivity index (χ0) is 21.7. The Morgan fingerprint density at radius 2 is 1.80 bits per heavy atom. The van der Waals surface area contributed by atoms with Crippen LogP contribution in [0.4, 0.5) is 0 Å². The van der Waals surface area contributed by atoms with Crippen molar-refractivity contribution in [1.82, 2.24) is 15.8 Å². The number of aromatic nitrogens is 1. The van der Waals surface area contributed by atoms with E-state index >= 15 is 0 Å². The van der Waals surface area contributed by atoms with Crippen molar-refractivity contribution in [2.24, 2.45) is 0 Å². The molecule has 0 atom stereocenters. The van der Waals surface area contributed by atoms with Crippen LogP contribution in [0.25, 0.3) is 11.3 Å². The van der Waals surface area contributed by atoms with Crippen LogP contribution in [0.2, 0.25) is 0 Å². The number of nitrogens with one attached hydrogen (secondary N) is 2. The second kappa shape index (κ2) is 9.54. The number of hydrogen-bond donors (Lipinski definition) is 2. The molecule has 0 aliphatic heterocycles. The van der Waals surface area contributed by atoms with Crippen LogP contribution >= 0.6 is 11.3 Å². The smallest absolute Gasteiger partial charge is 0.282 e. The van der Waals surface area contributed by atoms with Gasteiger partial charge in [0.05, 0.1) is 10.7 Å². The number of ether oxygens (including phenoxy) is 1. The average Bonchev–Trinajstić information content (AvgIpc) is 3.12. The summed E-state index contributed by atoms with van der Waals surface area (Å²) >= 11 is 1.28. The predicted molar refractivity (Wildman–Crippen MR) is 119 cm³/mol. The largest absolute Gasteiger partial charge is 0.483 e. The average molecular weight is 424 g/mol. The highest BCUT2D eigenvalue weighted by atomic mass is 32.1. The number of hydrogen-bond acceptors (Lipinski definition) is 5. The number of amides is 2. The normalized spacial score (nSPS) is 10.7. The molecule has 0 unspecified atom stereocenters. The van der Waals surface area contributed by atoms with Gasteiger partial charge in [-0.05, 0) is 37.0 Å². The third-order valence-electron chi connectivity index (χ3n) is 4.45. The van der Waals surface area contributed by atoms with Gasteiger partial charge in [-0.1, -0.05) is 56.3 Å². The lowest BCUT2D eigenvalue weighted by molar-refractivity contribution is -0.123. The third-order valence-corrected chi connectivity index (χ3v) is 5.42.